The van der Waals surface area contributed by atoms with Gasteiger partial charge in [-0.15, -0.1) is 0 Å². The van der Waals surface area contributed by atoms with Gasteiger partial charge in [0.15, 0.2) is 5.79 Å². The Labute approximate surface area is 147 Å². The van der Waals surface area contributed by atoms with Crippen LogP contribution in [0.5, 0.6) is 0 Å². The lowest BCUT2D eigenvalue weighted by Gasteiger charge is -2.36. The van der Waals surface area contributed by atoms with E-state index >= 15 is 0 Å². The Hall–Kier alpha value is -1.97. The van der Waals surface area contributed by atoms with Crippen LogP contribution in [-0.4, -0.2) is 47.1 Å². The highest BCUT2D eigenvalue weighted by Crippen LogP contribution is 2.33. The summed E-state index contributed by atoms with van der Waals surface area (Å²) in [5.74, 6) is 0.0813. The van der Waals surface area contributed by atoms with Crippen LogP contribution >= 0.6 is 0 Å². The van der Waals surface area contributed by atoms with Crippen molar-refractivity contribution in [1.82, 2.24) is 15.0 Å². The Morgan fingerprint density at radius 3 is 2.54 bits per heavy atom. The zero-order chi connectivity index (χ0) is 18.2. The Balaban J connectivity index is 1.41. The van der Waals surface area contributed by atoms with E-state index in [0.29, 0.717) is 25.6 Å². The van der Waals surface area contributed by atoms with Crippen LogP contribution in [0.4, 0.5) is 13.2 Å². The summed E-state index contributed by atoms with van der Waals surface area (Å²) in [7, 11) is 0. The van der Waals surface area contributed by atoms with Crippen LogP contribution in [-0.2, 0) is 22.2 Å². The van der Waals surface area contributed by atoms with Gasteiger partial charge in [-0.3, -0.25) is 4.90 Å². The van der Waals surface area contributed by atoms with Gasteiger partial charge in [0.05, 0.1) is 25.3 Å². The third-order valence-corrected chi connectivity index (χ3v) is 4.71. The monoisotopic (exact) mass is 369 g/mol. The molecule has 0 saturated carbocycles. The predicted octanol–water partition coefficient (Wildman–Crippen LogP) is 3.09. The van der Waals surface area contributed by atoms with Crippen LogP contribution in [0, 0.1) is 0 Å². The molecule has 2 saturated heterocycles. The highest BCUT2D eigenvalue weighted by Gasteiger charge is 2.40. The van der Waals surface area contributed by atoms with Gasteiger partial charge in [0.1, 0.15) is 0 Å². The summed E-state index contributed by atoms with van der Waals surface area (Å²) < 4.78 is 55.1. The number of halogens is 3. The minimum atomic E-state index is -4.41. The van der Waals surface area contributed by atoms with E-state index in [2.05, 4.69) is 15.0 Å². The minimum absolute atomic E-state index is 0.155. The smallest absolute Gasteiger partial charge is 0.347 e. The van der Waals surface area contributed by atoms with Gasteiger partial charge in [0.2, 0.25) is 11.7 Å². The molecule has 0 radical (unpaired) electrons. The molecule has 0 atom stereocenters. The first-order chi connectivity index (χ1) is 12.4. The fourth-order valence-corrected chi connectivity index (χ4v) is 3.30. The molecule has 140 valence electrons. The molecule has 0 N–H and O–H groups in total. The van der Waals surface area contributed by atoms with Crippen LogP contribution in [0.25, 0.3) is 11.4 Å². The van der Waals surface area contributed by atoms with Gasteiger partial charge < -0.3 is 14.0 Å². The van der Waals surface area contributed by atoms with Crippen LogP contribution in [0.1, 0.15) is 24.3 Å². The number of likely N-dealkylation sites (tertiary alicyclic amines) is 1. The quantitative estimate of drug-likeness (QED) is 0.829. The minimum Gasteiger partial charge on any atom is -0.347 e. The molecule has 0 amide bonds. The maximum absolute atomic E-state index is 12.8. The molecule has 0 bridgehead atoms. The lowest BCUT2D eigenvalue weighted by atomic mass is 10.0. The molecule has 9 heteroatoms. The maximum Gasteiger partial charge on any atom is 0.416 e. The van der Waals surface area contributed by atoms with E-state index in [1.807, 2.05) is 0 Å². The summed E-state index contributed by atoms with van der Waals surface area (Å²) in [6, 6.07) is 4.90. The summed E-state index contributed by atoms with van der Waals surface area (Å²) in [6.07, 6.45) is -2.88. The van der Waals surface area contributed by atoms with Gasteiger partial charge in [0.25, 0.3) is 0 Å². The van der Waals surface area contributed by atoms with Gasteiger partial charge in [-0.2, -0.15) is 18.2 Å². The number of ether oxygens (including phenoxy) is 2. The average molecular weight is 369 g/mol. The molecule has 3 heterocycles. The van der Waals surface area contributed by atoms with E-state index in [4.69, 9.17) is 14.0 Å². The van der Waals surface area contributed by atoms with Gasteiger partial charge >= 0.3 is 6.18 Å². The van der Waals surface area contributed by atoms with Crippen LogP contribution in [0.15, 0.2) is 28.8 Å². The Morgan fingerprint density at radius 1 is 1.12 bits per heavy atom. The zero-order valence-corrected chi connectivity index (χ0v) is 14.0. The third-order valence-electron chi connectivity index (χ3n) is 4.71. The van der Waals surface area contributed by atoms with Crippen LogP contribution in [0.2, 0.25) is 0 Å². The van der Waals surface area contributed by atoms with Crippen LogP contribution < -0.4 is 0 Å². The van der Waals surface area contributed by atoms with Crippen molar-refractivity contribution in [3.63, 3.8) is 0 Å². The predicted molar refractivity (Wildman–Crippen MR) is 83.9 cm³/mol. The Morgan fingerprint density at radius 2 is 1.85 bits per heavy atom. The summed E-state index contributed by atoms with van der Waals surface area (Å²) in [5.41, 5.74) is -0.459. The lowest BCUT2D eigenvalue weighted by Crippen LogP contribution is -2.44. The Bertz CT molecular complexity index is 762. The molecule has 2 fully saturated rings. The summed E-state index contributed by atoms with van der Waals surface area (Å²) in [6.45, 7) is 3.23. The summed E-state index contributed by atoms with van der Waals surface area (Å²) >= 11 is 0. The van der Waals surface area contributed by atoms with Crippen molar-refractivity contribution in [1.29, 1.82) is 0 Å². The number of aromatic nitrogens is 2. The first-order valence-corrected chi connectivity index (χ1v) is 8.44. The van der Waals surface area contributed by atoms with Gasteiger partial charge in [-0.05, 0) is 12.1 Å². The lowest BCUT2D eigenvalue weighted by molar-refractivity contribution is -0.186. The summed E-state index contributed by atoms with van der Waals surface area (Å²) in [5, 5.41) is 3.82. The van der Waals surface area contributed by atoms with E-state index in [0.717, 1.165) is 38.1 Å². The first-order valence-electron chi connectivity index (χ1n) is 8.44. The van der Waals surface area contributed by atoms with Crippen molar-refractivity contribution < 1.29 is 27.2 Å². The van der Waals surface area contributed by atoms with Gasteiger partial charge in [-0.25, -0.2) is 0 Å². The second-order valence-corrected chi connectivity index (χ2v) is 6.47. The number of rotatable bonds is 3. The highest BCUT2D eigenvalue weighted by molar-refractivity contribution is 5.55. The topological polar surface area (TPSA) is 60.6 Å². The number of nitrogens with zero attached hydrogens (tertiary/aromatic N) is 3. The van der Waals surface area contributed by atoms with E-state index in [9.17, 15) is 13.2 Å². The first kappa shape index (κ1) is 17.4. The molecule has 26 heavy (non-hydrogen) atoms. The third kappa shape index (κ3) is 3.60. The molecule has 4 rings (SSSR count). The highest BCUT2D eigenvalue weighted by atomic mass is 19.4. The van der Waals surface area contributed by atoms with Crippen molar-refractivity contribution in [3.8, 4) is 11.4 Å². The molecule has 0 aliphatic carbocycles. The van der Waals surface area contributed by atoms with Crippen LogP contribution in [0.3, 0.4) is 0 Å². The fraction of sp³-hybridized carbons (Fsp3) is 0.529. The summed E-state index contributed by atoms with van der Waals surface area (Å²) in [4.78, 5) is 6.38. The molecule has 1 aromatic carbocycles. The molecule has 2 aliphatic rings. The Kier molecular flexibility index (Phi) is 4.45. The van der Waals surface area contributed by atoms with E-state index in [-0.39, 0.29) is 11.4 Å². The maximum atomic E-state index is 12.8. The molecule has 2 aliphatic heterocycles. The molecule has 0 unspecified atom stereocenters. The largest absolute Gasteiger partial charge is 0.416 e. The number of hydrogen-bond donors (Lipinski definition) is 0. The van der Waals surface area contributed by atoms with Gasteiger partial charge in [0, 0.05) is 31.5 Å². The van der Waals surface area contributed by atoms with Crippen molar-refractivity contribution in [2.75, 3.05) is 26.3 Å². The average Bonchev–Trinajstić information content (AvgIpc) is 3.27. The van der Waals surface area contributed by atoms with E-state index in [1.54, 1.807) is 0 Å². The van der Waals surface area contributed by atoms with Crippen molar-refractivity contribution in [2.45, 2.75) is 31.3 Å². The number of benzene rings is 1. The molecule has 2 aromatic rings. The number of piperidine rings is 1. The van der Waals surface area contributed by atoms with E-state index in [1.165, 1.54) is 12.1 Å². The molecule has 1 aromatic heterocycles. The molecular formula is C17H18F3N3O3. The fourth-order valence-electron chi connectivity index (χ4n) is 3.30. The number of hydrogen-bond acceptors (Lipinski definition) is 6. The van der Waals surface area contributed by atoms with Crippen molar-refractivity contribution >= 4 is 0 Å². The molecular weight excluding hydrogens is 351 g/mol. The molecule has 6 nitrogen and oxygen atoms in total. The van der Waals surface area contributed by atoms with Crippen molar-refractivity contribution in [3.05, 3.63) is 35.7 Å². The standard InChI is InChI=1S/C17H18F3N3O3/c18-17(19,20)13-3-1-2-12(10-13)15-21-14(26-22-15)11-23-6-4-16(5-7-23)24-8-9-25-16/h1-3,10H,4-9,11H2. The zero-order valence-electron chi connectivity index (χ0n) is 14.0. The molecule has 1 spiro atoms. The SMILES string of the molecule is FC(F)(F)c1cccc(-c2noc(CN3CCC4(CC3)OCCO4)n2)c1. The normalized spacial score (nSPS) is 20.7. The van der Waals surface area contributed by atoms with E-state index < -0.39 is 17.5 Å². The number of alkyl halides is 3. The van der Waals surface area contributed by atoms with Crippen molar-refractivity contribution in [2.24, 2.45) is 0 Å². The second-order valence-electron chi connectivity index (χ2n) is 6.47. The van der Waals surface area contributed by atoms with Gasteiger partial charge in [-0.1, -0.05) is 17.3 Å². The second kappa shape index (κ2) is 6.64.